The first kappa shape index (κ1) is 45.7. The van der Waals surface area contributed by atoms with Gasteiger partial charge in [0.15, 0.2) is 11.5 Å². The van der Waals surface area contributed by atoms with Gasteiger partial charge in [0.05, 0.1) is 12.9 Å². The molecule has 19 N–H and O–H groups in total. The predicted octanol–water partition coefficient (Wildman–Crippen LogP) is -6.75. The van der Waals surface area contributed by atoms with Crippen LogP contribution in [0.2, 0.25) is 0 Å². The number of phosphoric acid groups is 4. The average Bonchev–Trinajstić information content (AvgIpc) is 3.31. The highest BCUT2D eigenvalue weighted by Gasteiger charge is 2.65. The Hall–Kier alpha value is -2.43. The minimum absolute atomic E-state index is 0.0131. The van der Waals surface area contributed by atoms with Gasteiger partial charge in [0.25, 0.3) is 0 Å². The van der Waals surface area contributed by atoms with Crippen molar-refractivity contribution in [2.24, 2.45) is 5.92 Å². The molecule has 0 amide bonds. The molecule has 0 aliphatic carbocycles. The number of carbonyl (C=O) groups is 2. The van der Waals surface area contributed by atoms with Crippen molar-refractivity contribution in [3.63, 3.8) is 0 Å². The number of hydrogen-bond donors (Lipinski definition) is 18. The number of aliphatic hydroxyl groups excluding tert-OH is 3. The van der Waals surface area contributed by atoms with Gasteiger partial charge in [-0.1, -0.05) is 0 Å². The molecule has 0 unspecified atom stereocenters. The van der Waals surface area contributed by atoms with E-state index >= 15 is 0 Å². The van der Waals surface area contributed by atoms with E-state index in [1.165, 1.54) is 0 Å². The van der Waals surface area contributed by atoms with Crippen LogP contribution in [0.25, 0.3) is 11.2 Å². The summed E-state index contributed by atoms with van der Waals surface area (Å²) in [5.74, 6) is -6.12. The van der Waals surface area contributed by atoms with Crippen molar-refractivity contribution in [2.75, 3.05) is 12.3 Å². The zero-order valence-corrected chi connectivity index (χ0v) is 25.4. The summed E-state index contributed by atoms with van der Waals surface area (Å²) in [7, 11) is -18.6. The smallest absolute Gasteiger partial charge is 0.466 e. The van der Waals surface area contributed by atoms with Crippen LogP contribution in [0.5, 0.6) is 0 Å². The van der Waals surface area contributed by atoms with E-state index in [1.807, 2.05) is 0 Å². The van der Waals surface area contributed by atoms with E-state index in [1.54, 1.807) is 0 Å². The third-order valence-electron chi connectivity index (χ3n) is 4.29. The van der Waals surface area contributed by atoms with Gasteiger partial charge in [-0.15, -0.1) is 0 Å². The van der Waals surface area contributed by atoms with Gasteiger partial charge < -0.3 is 94.7 Å². The van der Waals surface area contributed by atoms with Gasteiger partial charge >= 0.3 is 43.2 Å². The maximum Gasteiger partial charge on any atom is 0.466 e. The number of ether oxygens (including phenoxy) is 1. The molecule has 0 bridgehead atoms. The monoisotopic (exact) mass is 761 g/mol. The first-order chi connectivity index (χ1) is 20.3. The van der Waals surface area contributed by atoms with E-state index in [2.05, 4.69) is 15.0 Å². The molecule has 1 aliphatic heterocycles. The third kappa shape index (κ3) is 18.0. The molecule has 268 valence electrons. The zero-order chi connectivity index (χ0) is 37.2. The molecule has 0 saturated carbocycles. The normalized spacial score (nSPS) is 21.3. The standard InChI is InChI=1S/C13H15N5O8.4H3O4P/c14-9-6-10(16-2-15-9)18(3-17-6)13(5(11(22)23)12(24)25)8(21)7(20)4(1-19)26-13;4*1-5(2,3)4/h2-5,7-8,19-21H,1H2,(H,22,23)(H,24,25)(H2,14,15,16);4*(H3,1,2,3,4)/t4-,7-,8-,13-;;;;/m1..../s1. The Kier molecular flexibility index (Phi) is 17.5. The molecule has 33 heteroatoms. The molecule has 3 rings (SSSR count). The molecule has 0 radical (unpaired) electrons. The van der Waals surface area contributed by atoms with Crippen LogP contribution in [0.3, 0.4) is 0 Å². The van der Waals surface area contributed by atoms with Crippen molar-refractivity contribution in [2.45, 2.75) is 24.0 Å². The highest BCUT2D eigenvalue weighted by molar-refractivity contribution is 7.45. The fraction of sp³-hybridized carbons (Fsp3) is 0.462. The lowest BCUT2D eigenvalue weighted by molar-refractivity contribution is -0.205. The number of nitrogens with two attached hydrogens (primary N) is 1. The summed E-state index contributed by atoms with van der Waals surface area (Å²) in [5, 5.41) is 48.9. The summed E-state index contributed by atoms with van der Waals surface area (Å²) in [4.78, 5) is 121. The Bertz CT molecular complexity index is 1370. The van der Waals surface area contributed by atoms with Crippen molar-refractivity contribution < 1.29 is 117 Å². The first-order valence-electron chi connectivity index (χ1n) is 10.4. The molecule has 3 heterocycles. The second-order valence-electron chi connectivity index (χ2n) is 7.73. The number of fused-ring (bicyclic) bond motifs is 1. The summed E-state index contributed by atoms with van der Waals surface area (Å²) < 4.78 is 41.8. The number of anilines is 1. The van der Waals surface area contributed by atoms with Gasteiger partial charge in [-0.05, 0) is 0 Å². The van der Waals surface area contributed by atoms with Crippen LogP contribution in [-0.2, 0) is 38.3 Å². The molecule has 0 spiro atoms. The van der Waals surface area contributed by atoms with Crippen molar-refractivity contribution in [3.8, 4) is 0 Å². The predicted molar refractivity (Wildman–Crippen MR) is 137 cm³/mol. The minimum atomic E-state index is -4.64. The summed E-state index contributed by atoms with van der Waals surface area (Å²) in [6.45, 7) is -0.796. The minimum Gasteiger partial charge on any atom is -0.480 e. The number of aliphatic carboxylic acids is 2. The van der Waals surface area contributed by atoms with Crippen molar-refractivity contribution in [1.82, 2.24) is 19.5 Å². The third-order valence-corrected chi connectivity index (χ3v) is 4.29. The van der Waals surface area contributed by atoms with E-state index in [0.29, 0.717) is 0 Å². The Morgan fingerprint density at radius 2 is 1.17 bits per heavy atom. The van der Waals surface area contributed by atoms with E-state index in [0.717, 1.165) is 17.2 Å². The van der Waals surface area contributed by atoms with Crippen LogP contribution in [0.15, 0.2) is 12.7 Å². The molecular weight excluding hydrogens is 734 g/mol. The van der Waals surface area contributed by atoms with E-state index in [9.17, 15) is 35.1 Å². The highest BCUT2D eigenvalue weighted by Crippen LogP contribution is 2.43. The lowest BCUT2D eigenvalue weighted by Gasteiger charge is -2.36. The molecule has 1 aliphatic rings. The topological polar surface area (TPSA) is 525 Å². The number of nitrogen functional groups attached to an aromatic ring is 1. The largest absolute Gasteiger partial charge is 0.480 e. The molecule has 4 atom stereocenters. The second kappa shape index (κ2) is 17.6. The number of carboxylic acid groups (broad SMARTS) is 2. The van der Waals surface area contributed by atoms with E-state index in [4.69, 9.17) is 87.5 Å². The Balaban J connectivity index is 0. The maximum atomic E-state index is 11.7. The fourth-order valence-corrected chi connectivity index (χ4v) is 3.12. The number of rotatable bonds is 5. The Labute approximate surface area is 252 Å². The quantitative estimate of drug-likeness (QED) is 0.0994. The summed E-state index contributed by atoms with van der Waals surface area (Å²) in [5.41, 5.74) is 3.03. The number of imidazole rings is 1. The van der Waals surface area contributed by atoms with Crippen LogP contribution in [0.4, 0.5) is 5.82 Å². The number of nitrogens with zero attached hydrogens (tertiary/aromatic N) is 4. The van der Waals surface area contributed by atoms with Crippen molar-refractivity contribution in [1.29, 1.82) is 0 Å². The van der Waals surface area contributed by atoms with Gasteiger partial charge in [-0.2, -0.15) is 0 Å². The van der Waals surface area contributed by atoms with Crippen molar-refractivity contribution >= 4 is 60.2 Å². The molecular formula is C13H27N5O24P4. The summed E-state index contributed by atoms with van der Waals surface area (Å²) >= 11 is 0. The number of hydrogen-bond acceptors (Lipinski definition) is 14. The second-order valence-corrected chi connectivity index (χ2v) is 11.8. The van der Waals surface area contributed by atoms with Crippen LogP contribution in [0, 0.1) is 5.92 Å². The Morgan fingerprint density at radius 3 is 1.48 bits per heavy atom. The van der Waals surface area contributed by atoms with Gasteiger partial charge in [0, 0.05) is 0 Å². The SMILES string of the molecule is Nc1ncnc2c1ncn2[C@]1(C(C(=O)O)C(=O)O)O[C@H](CO)[C@@H](O)[C@H]1O.O=P(O)(O)O.O=P(O)(O)O.O=P(O)(O)O.O=P(O)(O)O. The van der Waals surface area contributed by atoms with Gasteiger partial charge in [0.2, 0.25) is 11.6 Å². The molecule has 2 aromatic rings. The number of aromatic nitrogens is 4. The maximum absolute atomic E-state index is 11.7. The van der Waals surface area contributed by atoms with Crippen molar-refractivity contribution in [3.05, 3.63) is 12.7 Å². The zero-order valence-electron chi connectivity index (χ0n) is 21.8. The molecule has 46 heavy (non-hydrogen) atoms. The molecule has 2 aromatic heterocycles. The van der Waals surface area contributed by atoms with E-state index in [-0.39, 0.29) is 17.0 Å². The van der Waals surface area contributed by atoms with Crippen LogP contribution in [-0.4, -0.2) is 141 Å². The Morgan fingerprint density at radius 1 is 0.804 bits per heavy atom. The molecule has 0 aromatic carbocycles. The number of aliphatic hydroxyl groups is 3. The van der Waals surface area contributed by atoms with Gasteiger partial charge in [-0.25, -0.2) is 33.2 Å². The van der Waals surface area contributed by atoms with Crippen LogP contribution >= 0.6 is 31.3 Å². The van der Waals surface area contributed by atoms with Gasteiger partial charge in [-0.3, -0.25) is 14.2 Å². The summed E-state index contributed by atoms with van der Waals surface area (Å²) in [6, 6.07) is 0. The molecule has 1 fully saturated rings. The average molecular weight is 761 g/mol. The lowest BCUT2D eigenvalue weighted by atomic mass is 9.88. The first-order valence-corrected chi connectivity index (χ1v) is 16.7. The van der Waals surface area contributed by atoms with Gasteiger partial charge in [0.1, 0.15) is 30.2 Å². The lowest BCUT2D eigenvalue weighted by Crippen LogP contribution is -2.56. The number of carboxylic acids is 2. The fourth-order valence-electron chi connectivity index (χ4n) is 3.12. The molecule has 1 saturated heterocycles. The molecule has 29 nitrogen and oxygen atoms in total. The van der Waals surface area contributed by atoms with Crippen LogP contribution in [0.1, 0.15) is 0 Å². The van der Waals surface area contributed by atoms with E-state index < -0.39 is 79.8 Å². The van der Waals surface area contributed by atoms with Crippen LogP contribution < -0.4 is 5.73 Å². The highest BCUT2D eigenvalue weighted by atomic mass is 31.2. The summed E-state index contributed by atoms with van der Waals surface area (Å²) in [6.07, 6.45) is -3.24.